The Morgan fingerprint density at radius 2 is 1.07 bits per heavy atom. The van der Waals surface area contributed by atoms with Crippen LogP contribution >= 0.6 is 0 Å². The fourth-order valence-electron chi connectivity index (χ4n) is 7.44. The molecule has 1 aromatic heterocycles. The lowest BCUT2D eigenvalue weighted by atomic mass is 9.64. The summed E-state index contributed by atoms with van der Waals surface area (Å²) < 4.78 is 0. The zero-order valence-electron chi connectivity index (χ0n) is 25.3. The van der Waals surface area contributed by atoms with Gasteiger partial charge in [0.05, 0.1) is 11.4 Å². The molecule has 0 spiro atoms. The van der Waals surface area contributed by atoms with Crippen molar-refractivity contribution in [3.05, 3.63) is 192 Å². The molecule has 9 rings (SSSR count). The average molecular weight is 586 g/mol. The van der Waals surface area contributed by atoms with Crippen molar-refractivity contribution in [2.24, 2.45) is 5.92 Å². The summed E-state index contributed by atoms with van der Waals surface area (Å²) in [6.45, 7) is 0. The number of hydrogen-bond acceptors (Lipinski definition) is 1. The van der Waals surface area contributed by atoms with Gasteiger partial charge in [0.15, 0.2) is 0 Å². The Balaban J connectivity index is 1.10. The third-order valence-corrected chi connectivity index (χ3v) is 9.69. The first-order valence-electron chi connectivity index (χ1n) is 16.0. The number of pyridine rings is 1. The topological polar surface area (TPSA) is 12.9 Å². The van der Waals surface area contributed by atoms with Crippen LogP contribution in [0.4, 0.5) is 0 Å². The van der Waals surface area contributed by atoms with Gasteiger partial charge < -0.3 is 0 Å². The van der Waals surface area contributed by atoms with E-state index in [1.807, 2.05) is 6.07 Å². The largest absolute Gasteiger partial charge is 0.248 e. The lowest BCUT2D eigenvalue weighted by molar-refractivity contribution is 0.681. The van der Waals surface area contributed by atoms with Crippen molar-refractivity contribution < 1.29 is 0 Å². The van der Waals surface area contributed by atoms with Gasteiger partial charge in [-0.25, -0.2) is 4.98 Å². The third-order valence-electron chi connectivity index (χ3n) is 9.69. The lowest BCUT2D eigenvalue weighted by Crippen LogP contribution is -2.23. The minimum atomic E-state index is 0.331. The van der Waals surface area contributed by atoms with Crippen LogP contribution in [0.25, 0.3) is 62.5 Å². The van der Waals surface area contributed by atoms with Crippen LogP contribution in [0.5, 0.6) is 0 Å². The molecule has 6 aromatic rings. The van der Waals surface area contributed by atoms with Crippen molar-refractivity contribution in [2.45, 2.75) is 5.92 Å². The molecule has 0 N–H and O–H groups in total. The maximum absolute atomic E-state index is 5.15. The Bertz CT molecular complexity index is 2160. The first kappa shape index (κ1) is 26.6. The Morgan fingerprint density at radius 3 is 1.76 bits per heavy atom. The Hall–Kier alpha value is -5.79. The molecule has 5 aromatic carbocycles. The minimum Gasteiger partial charge on any atom is -0.248 e. The summed E-state index contributed by atoms with van der Waals surface area (Å²) in [6, 6.07) is 49.9. The van der Waals surface area contributed by atoms with Gasteiger partial charge in [-0.1, -0.05) is 164 Å². The van der Waals surface area contributed by atoms with E-state index in [0.29, 0.717) is 11.8 Å². The molecule has 1 nitrogen and oxygen atoms in total. The van der Waals surface area contributed by atoms with Gasteiger partial charge in [0.25, 0.3) is 0 Å². The molecule has 0 amide bonds. The average Bonchev–Trinajstić information content (AvgIpc) is 3.14. The monoisotopic (exact) mass is 585 g/mol. The number of nitrogens with zero attached hydrogens (tertiary/aromatic N) is 1. The fourth-order valence-corrected chi connectivity index (χ4v) is 7.44. The van der Waals surface area contributed by atoms with Crippen LogP contribution in [-0.2, 0) is 0 Å². The van der Waals surface area contributed by atoms with Crippen LogP contribution in [0.1, 0.15) is 28.2 Å². The SMILES string of the molecule is C1=Cc2c(-c3ccc(-c4cc(-c5ccccc5)cc(-c5ccccc5)n4)cc3)ccc3c2C2C1=CC=C(c1ccccc1)C2C=C3. The third kappa shape index (κ3) is 4.52. The highest BCUT2D eigenvalue weighted by molar-refractivity contribution is 5.89. The van der Waals surface area contributed by atoms with E-state index >= 15 is 0 Å². The van der Waals surface area contributed by atoms with E-state index in [4.69, 9.17) is 4.98 Å². The van der Waals surface area contributed by atoms with Crippen LogP contribution in [0.3, 0.4) is 0 Å². The van der Waals surface area contributed by atoms with Crippen LogP contribution in [0.15, 0.2) is 169 Å². The number of benzene rings is 5. The summed E-state index contributed by atoms with van der Waals surface area (Å²) in [6.07, 6.45) is 14.1. The first-order valence-corrected chi connectivity index (χ1v) is 16.0. The molecule has 0 saturated carbocycles. The number of hydrogen-bond donors (Lipinski definition) is 0. The van der Waals surface area contributed by atoms with Crippen LogP contribution in [-0.4, -0.2) is 4.98 Å². The molecule has 46 heavy (non-hydrogen) atoms. The predicted octanol–water partition coefficient (Wildman–Crippen LogP) is 11.5. The second-order valence-corrected chi connectivity index (χ2v) is 12.3. The Labute approximate surface area is 270 Å². The van der Waals surface area contributed by atoms with E-state index < -0.39 is 0 Å². The molecule has 3 aliphatic rings. The molecule has 0 aliphatic heterocycles. The molecule has 1 heteroatoms. The molecule has 3 aliphatic carbocycles. The summed E-state index contributed by atoms with van der Waals surface area (Å²) in [7, 11) is 0. The van der Waals surface area contributed by atoms with Crippen LogP contribution in [0.2, 0.25) is 0 Å². The van der Waals surface area contributed by atoms with Crippen molar-refractivity contribution in [3.8, 4) is 44.8 Å². The molecule has 216 valence electrons. The summed E-state index contributed by atoms with van der Waals surface area (Å²) in [5.41, 5.74) is 17.3. The zero-order chi connectivity index (χ0) is 30.5. The highest BCUT2D eigenvalue weighted by atomic mass is 14.7. The van der Waals surface area contributed by atoms with Gasteiger partial charge in [0.2, 0.25) is 0 Å². The Morgan fingerprint density at radius 1 is 0.457 bits per heavy atom. The van der Waals surface area contributed by atoms with Crippen molar-refractivity contribution in [1.82, 2.24) is 4.98 Å². The highest BCUT2D eigenvalue weighted by Gasteiger charge is 2.37. The van der Waals surface area contributed by atoms with Gasteiger partial charge in [-0.15, -0.1) is 0 Å². The van der Waals surface area contributed by atoms with E-state index in [-0.39, 0.29) is 0 Å². The van der Waals surface area contributed by atoms with E-state index in [1.54, 1.807) is 0 Å². The van der Waals surface area contributed by atoms with Crippen LogP contribution < -0.4 is 0 Å². The Kier molecular flexibility index (Phi) is 6.35. The van der Waals surface area contributed by atoms with Crippen molar-refractivity contribution in [3.63, 3.8) is 0 Å². The van der Waals surface area contributed by atoms with Gasteiger partial charge in [-0.05, 0) is 67.8 Å². The molecular formula is C45H31N. The molecular weight excluding hydrogens is 555 g/mol. The summed E-state index contributed by atoms with van der Waals surface area (Å²) in [5, 5.41) is 0. The summed E-state index contributed by atoms with van der Waals surface area (Å²) in [4.78, 5) is 5.15. The fraction of sp³-hybridized carbons (Fsp3) is 0.0444. The minimum absolute atomic E-state index is 0.331. The molecule has 0 fully saturated rings. The zero-order valence-corrected chi connectivity index (χ0v) is 25.3. The van der Waals surface area contributed by atoms with Crippen molar-refractivity contribution in [2.75, 3.05) is 0 Å². The first-order chi connectivity index (χ1) is 22.8. The summed E-state index contributed by atoms with van der Waals surface area (Å²) in [5.74, 6) is 0.666. The smallest absolute Gasteiger partial charge is 0.0715 e. The van der Waals surface area contributed by atoms with Crippen molar-refractivity contribution in [1.29, 1.82) is 0 Å². The maximum Gasteiger partial charge on any atom is 0.0715 e. The standard InChI is InChI=1S/C45H31N/c1-4-10-30(11-5-1)37-28-42(33-14-8-3-9-15-33)46-43(29-37)34-18-16-32(17-19-34)39-25-21-36-22-26-40-38(31-12-6-2-7-13-31)24-20-35-23-27-41(39)45(36)44(35)40/h1-29,40,44H. The molecule has 0 bridgehead atoms. The quantitative estimate of drug-likeness (QED) is 0.196. The van der Waals surface area contributed by atoms with Gasteiger partial charge >= 0.3 is 0 Å². The number of rotatable bonds is 5. The molecule has 0 radical (unpaired) electrons. The number of allylic oxidation sites excluding steroid dienone is 6. The van der Waals surface area contributed by atoms with Crippen molar-refractivity contribution >= 4 is 17.7 Å². The number of aromatic nitrogens is 1. The van der Waals surface area contributed by atoms with Gasteiger partial charge in [0.1, 0.15) is 0 Å². The second kappa shape index (κ2) is 11.0. The molecule has 1 heterocycles. The maximum atomic E-state index is 5.15. The van der Waals surface area contributed by atoms with E-state index in [0.717, 1.165) is 22.5 Å². The lowest BCUT2D eigenvalue weighted by Gasteiger charge is -2.38. The van der Waals surface area contributed by atoms with E-state index in [9.17, 15) is 0 Å². The van der Waals surface area contributed by atoms with Gasteiger partial charge in [-0.3, -0.25) is 0 Å². The molecule has 2 unspecified atom stereocenters. The highest BCUT2D eigenvalue weighted by Crippen LogP contribution is 2.53. The molecule has 0 saturated heterocycles. The normalized spacial score (nSPS) is 17.2. The summed E-state index contributed by atoms with van der Waals surface area (Å²) >= 11 is 0. The van der Waals surface area contributed by atoms with E-state index in [2.05, 4.69) is 170 Å². The van der Waals surface area contributed by atoms with Gasteiger partial charge in [0, 0.05) is 23.0 Å². The second-order valence-electron chi connectivity index (χ2n) is 12.3. The van der Waals surface area contributed by atoms with Crippen LogP contribution in [0, 0.1) is 5.92 Å². The predicted molar refractivity (Wildman–Crippen MR) is 193 cm³/mol. The molecule has 2 atom stereocenters. The van der Waals surface area contributed by atoms with E-state index in [1.165, 1.54) is 55.7 Å². The van der Waals surface area contributed by atoms with Gasteiger partial charge in [-0.2, -0.15) is 0 Å².